The molecule has 2 aliphatic rings. The quantitative estimate of drug-likeness (QED) is 0.563. The van der Waals surface area contributed by atoms with E-state index in [1.807, 2.05) is 47.2 Å². The van der Waals surface area contributed by atoms with Gasteiger partial charge in [-0.05, 0) is 48.2 Å². The lowest BCUT2D eigenvalue weighted by Crippen LogP contribution is -2.30. The highest BCUT2D eigenvalue weighted by Crippen LogP contribution is 2.59. The molecule has 0 aliphatic carbocycles. The van der Waals surface area contributed by atoms with Crippen molar-refractivity contribution in [3.05, 3.63) is 54.6 Å². The lowest BCUT2D eigenvalue weighted by Gasteiger charge is -2.36. The molecule has 30 heavy (non-hydrogen) atoms. The molecule has 2 aliphatic heterocycles. The number of rotatable bonds is 5. The zero-order chi connectivity index (χ0) is 21.4. The fraction of sp³-hybridized carbons (Fsp3) is 0.381. The van der Waals surface area contributed by atoms with Gasteiger partial charge in [-0.15, -0.1) is 0 Å². The fourth-order valence-electron chi connectivity index (χ4n) is 3.40. The lowest BCUT2D eigenvalue weighted by molar-refractivity contribution is 0.0613. The average Bonchev–Trinajstić information content (AvgIpc) is 3.08. The van der Waals surface area contributed by atoms with E-state index < -0.39 is 12.7 Å². The van der Waals surface area contributed by atoms with Crippen molar-refractivity contribution in [2.75, 3.05) is 37.4 Å². The Morgan fingerprint density at radius 1 is 1.03 bits per heavy atom. The summed E-state index contributed by atoms with van der Waals surface area (Å²) in [6, 6.07) is 18.1. The molecule has 0 N–H and O–H groups in total. The van der Waals surface area contributed by atoms with Gasteiger partial charge in [0, 0.05) is 16.9 Å². The Bertz CT molecular complexity index is 1030. The maximum absolute atomic E-state index is 6.31. The van der Waals surface area contributed by atoms with E-state index in [1.165, 1.54) is 0 Å². The summed E-state index contributed by atoms with van der Waals surface area (Å²) in [6.07, 6.45) is -0.966. The largest absolute Gasteiger partial charge is 0.497 e. The van der Waals surface area contributed by atoms with Crippen LogP contribution in [0.15, 0.2) is 59.7 Å². The Kier molecular flexibility index (Phi) is 6.24. The van der Waals surface area contributed by atoms with Crippen molar-refractivity contribution >= 4 is 53.0 Å². The van der Waals surface area contributed by atoms with Gasteiger partial charge in [-0.25, -0.2) is 4.78 Å². The van der Waals surface area contributed by atoms with Crippen LogP contribution in [0.1, 0.15) is 13.8 Å². The van der Waals surface area contributed by atoms with E-state index in [0.29, 0.717) is 25.5 Å². The van der Waals surface area contributed by atoms with Gasteiger partial charge < -0.3 is 13.8 Å². The summed E-state index contributed by atoms with van der Waals surface area (Å²) in [5.41, 5.74) is 1.96. The second-order valence-corrected chi connectivity index (χ2v) is 16.5. The number of hydrogen-bond acceptors (Lipinski definition) is 6. The first-order valence-corrected chi connectivity index (χ1v) is 15.5. The minimum absolute atomic E-state index is 0.00621. The number of nitrogens with zero attached hydrogens (tertiary/aromatic N) is 2. The molecule has 2 aromatic carbocycles. The van der Waals surface area contributed by atoms with Crippen LogP contribution in [0.5, 0.6) is 5.75 Å². The first-order valence-electron chi connectivity index (χ1n) is 9.77. The standard InChI is InChI=1S/C21H26N2O3P2S2/c1-21(2)15-25-28(30,26-16-21)14-17-13-27(29,20-11-9-19(24-3)10-12-20)23(22-17)18-7-5-4-6-8-18/h4-12H,13-16H2,1-3H3. The number of benzene rings is 2. The molecule has 0 spiro atoms. The van der Waals surface area contributed by atoms with Gasteiger partial charge in [0.2, 0.25) is 0 Å². The Morgan fingerprint density at radius 2 is 1.67 bits per heavy atom. The number of methoxy groups -OCH3 is 1. The van der Waals surface area contributed by atoms with E-state index >= 15 is 0 Å². The second kappa shape index (κ2) is 8.46. The topological polar surface area (TPSA) is 43.3 Å². The highest BCUT2D eigenvalue weighted by Gasteiger charge is 2.40. The summed E-state index contributed by atoms with van der Waals surface area (Å²) in [5.74, 6) is 0.814. The minimum Gasteiger partial charge on any atom is -0.497 e. The van der Waals surface area contributed by atoms with Crippen molar-refractivity contribution in [3.63, 3.8) is 0 Å². The zero-order valence-electron chi connectivity index (χ0n) is 17.4. The highest BCUT2D eigenvalue weighted by molar-refractivity contribution is 8.19. The number of hydrazone groups is 1. The van der Waals surface area contributed by atoms with E-state index in [2.05, 4.69) is 26.0 Å². The molecule has 0 aromatic heterocycles. The van der Waals surface area contributed by atoms with Crippen LogP contribution in [0.25, 0.3) is 0 Å². The summed E-state index contributed by atoms with van der Waals surface area (Å²) in [6.45, 7) is 3.09. The van der Waals surface area contributed by atoms with Gasteiger partial charge in [0.1, 0.15) is 5.75 Å². The molecule has 160 valence electrons. The Morgan fingerprint density at radius 3 is 2.27 bits per heavy atom. The van der Waals surface area contributed by atoms with Crippen molar-refractivity contribution in [2.24, 2.45) is 10.5 Å². The van der Waals surface area contributed by atoms with E-state index in [-0.39, 0.29) is 5.41 Å². The molecule has 1 atom stereocenters. The maximum Gasteiger partial charge on any atom is 0.194 e. The lowest BCUT2D eigenvalue weighted by atomic mass is 9.97. The van der Waals surface area contributed by atoms with Crippen molar-refractivity contribution < 1.29 is 13.8 Å². The van der Waals surface area contributed by atoms with Crippen LogP contribution in [0.3, 0.4) is 0 Å². The molecule has 0 saturated carbocycles. The SMILES string of the molecule is COc1ccc(P2(=S)CC(CP3(=S)OCC(C)(C)CO3)=NN2c2ccccc2)cc1. The molecule has 1 fully saturated rings. The van der Waals surface area contributed by atoms with Gasteiger partial charge in [-0.3, -0.25) is 0 Å². The van der Waals surface area contributed by atoms with Crippen LogP contribution in [0.2, 0.25) is 0 Å². The Labute approximate surface area is 188 Å². The third-order valence-corrected chi connectivity index (χ3v) is 12.2. The molecule has 2 aromatic rings. The van der Waals surface area contributed by atoms with Gasteiger partial charge >= 0.3 is 0 Å². The van der Waals surface area contributed by atoms with Crippen molar-refractivity contribution in [1.82, 2.24) is 0 Å². The first kappa shape index (κ1) is 22.1. The second-order valence-electron chi connectivity index (χ2n) is 8.33. The smallest absolute Gasteiger partial charge is 0.194 e. The van der Waals surface area contributed by atoms with Crippen LogP contribution in [0, 0.1) is 5.41 Å². The molecule has 0 amide bonds. The zero-order valence-corrected chi connectivity index (χ0v) is 20.8. The van der Waals surface area contributed by atoms with E-state index in [0.717, 1.165) is 22.5 Å². The van der Waals surface area contributed by atoms with Crippen LogP contribution < -0.4 is 14.8 Å². The van der Waals surface area contributed by atoms with E-state index in [4.69, 9.17) is 42.5 Å². The predicted molar refractivity (Wildman–Crippen MR) is 133 cm³/mol. The van der Waals surface area contributed by atoms with Gasteiger partial charge in [-0.1, -0.05) is 43.9 Å². The van der Waals surface area contributed by atoms with E-state index in [1.54, 1.807) is 7.11 Å². The molecule has 1 saturated heterocycles. The van der Waals surface area contributed by atoms with Crippen LogP contribution >= 0.6 is 12.7 Å². The van der Waals surface area contributed by atoms with Crippen molar-refractivity contribution in [1.29, 1.82) is 0 Å². The van der Waals surface area contributed by atoms with Crippen molar-refractivity contribution in [2.45, 2.75) is 13.8 Å². The van der Waals surface area contributed by atoms with Gasteiger partial charge in [-0.2, -0.15) is 5.10 Å². The summed E-state index contributed by atoms with van der Waals surface area (Å²) in [4.78, 5) is 0. The predicted octanol–water partition coefficient (Wildman–Crippen LogP) is 4.97. The molecule has 9 heteroatoms. The van der Waals surface area contributed by atoms with Gasteiger partial charge in [0.25, 0.3) is 0 Å². The summed E-state index contributed by atoms with van der Waals surface area (Å²) in [5, 5.41) is 6.07. The molecule has 2 heterocycles. The average molecular weight is 481 g/mol. The summed E-state index contributed by atoms with van der Waals surface area (Å²) >= 11 is 12.1. The third-order valence-electron chi connectivity index (χ3n) is 5.08. The third kappa shape index (κ3) is 4.57. The number of hydrogen-bond donors (Lipinski definition) is 0. The number of ether oxygens (including phenoxy) is 1. The molecule has 5 nitrogen and oxygen atoms in total. The van der Waals surface area contributed by atoms with Crippen LogP contribution in [-0.4, -0.2) is 38.4 Å². The molecule has 0 radical (unpaired) electrons. The van der Waals surface area contributed by atoms with Crippen molar-refractivity contribution in [3.8, 4) is 5.75 Å². The molecular weight excluding hydrogens is 454 g/mol. The monoisotopic (exact) mass is 480 g/mol. The fourth-order valence-corrected chi connectivity index (χ4v) is 10.1. The Hall–Kier alpha value is -1.07. The number of anilines is 1. The van der Waals surface area contributed by atoms with Crippen LogP contribution in [0.4, 0.5) is 5.69 Å². The van der Waals surface area contributed by atoms with Gasteiger partial charge in [0.15, 0.2) is 6.49 Å². The van der Waals surface area contributed by atoms with E-state index in [9.17, 15) is 0 Å². The highest BCUT2D eigenvalue weighted by atomic mass is 32.5. The summed E-state index contributed by atoms with van der Waals surface area (Å²) in [7, 11) is 1.67. The Balaban J connectivity index is 1.65. The maximum atomic E-state index is 6.31. The summed E-state index contributed by atoms with van der Waals surface area (Å²) < 4.78 is 19.5. The molecule has 1 unspecified atom stereocenters. The first-order chi connectivity index (χ1) is 14.2. The van der Waals surface area contributed by atoms with Crippen LogP contribution in [-0.2, 0) is 32.7 Å². The van der Waals surface area contributed by atoms with Gasteiger partial charge in [0.05, 0.1) is 44.1 Å². The number of para-hydroxylation sites is 1. The molecule has 4 rings (SSSR count). The molecular formula is C21H26N2O3P2S2. The minimum atomic E-state index is -2.39. The normalized spacial score (nSPS) is 25.0. The molecule has 0 bridgehead atoms.